The Balaban J connectivity index is 1.84. The standard InChI is InChI=1S/C15H17ClN4O3/c1-21-5-4-20(14-7-13(16)18-15(17)19-14)8-10-2-3-11-12(6-10)23-9-22-11/h2-3,6-7H,4-5,8-9H2,1H3,(H2,17,18,19). The molecule has 2 heterocycles. The lowest BCUT2D eigenvalue weighted by Gasteiger charge is -2.24. The zero-order chi connectivity index (χ0) is 16.2. The van der Waals surface area contributed by atoms with Gasteiger partial charge in [-0.2, -0.15) is 4.98 Å². The highest BCUT2D eigenvalue weighted by Gasteiger charge is 2.16. The largest absolute Gasteiger partial charge is 0.454 e. The zero-order valence-electron chi connectivity index (χ0n) is 12.7. The number of hydrogen-bond acceptors (Lipinski definition) is 7. The molecule has 7 nitrogen and oxygen atoms in total. The maximum Gasteiger partial charge on any atom is 0.231 e. The van der Waals surface area contributed by atoms with Crippen LogP contribution in [0.15, 0.2) is 24.3 Å². The molecule has 0 saturated carbocycles. The number of benzene rings is 1. The van der Waals surface area contributed by atoms with E-state index in [-0.39, 0.29) is 12.7 Å². The van der Waals surface area contributed by atoms with Crippen molar-refractivity contribution in [1.29, 1.82) is 0 Å². The first-order chi connectivity index (χ1) is 11.2. The van der Waals surface area contributed by atoms with E-state index in [0.29, 0.717) is 30.7 Å². The third-order valence-electron chi connectivity index (χ3n) is 3.40. The lowest BCUT2D eigenvalue weighted by atomic mass is 10.2. The van der Waals surface area contributed by atoms with E-state index in [2.05, 4.69) is 9.97 Å². The van der Waals surface area contributed by atoms with Crippen LogP contribution in [0, 0.1) is 0 Å². The molecular formula is C15H17ClN4O3. The Morgan fingerprint density at radius 3 is 2.87 bits per heavy atom. The molecule has 122 valence electrons. The van der Waals surface area contributed by atoms with Gasteiger partial charge in [0, 0.05) is 26.3 Å². The molecule has 23 heavy (non-hydrogen) atoms. The number of hydrogen-bond donors (Lipinski definition) is 1. The monoisotopic (exact) mass is 336 g/mol. The maximum absolute atomic E-state index is 5.98. The van der Waals surface area contributed by atoms with E-state index in [1.54, 1.807) is 13.2 Å². The molecule has 8 heteroatoms. The number of methoxy groups -OCH3 is 1. The third-order valence-corrected chi connectivity index (χ3v) is 3.59. The van der Waals surface area contributed by atoms with Crippen molar-refractivity contribution < 1.29 is 14.2 Å². The molecule has 0 fully saturated rings. The highest BCUT2D eigenvalue weighted by atomic mass is 35.5. The average molecular weight is 337 g/mol. The van der Waals surface area contributed by atoms with Gasteiger partial charge in [-0.1, -0.05) is 17.7 Å². The fourth-order valence-electron chi connectivity index (χ4n) is 2.32. The van der Waals surface area contributed by atoms with E-state index in [0.717, 1.165) is 17.1 Å². The van der Waals surface area contributed by atoms with Crippen molar-refractivity contribution in [3.8, 4) is 11.5 Å². The predicted octanol–water partition coefficient (Wildman–Crippen LogP) is 2.09. The summed E-state index contributed by atoms with van der Waals surface area (Å²) < 4.78 is 15.9. The summed E-state index contributed by atoms with van der Waals surface area (Å²) in [7, 11) is 1.65. The van der Waals surface area contributed by atoms with Gasteiger partial charge in [0.05, 0.1) is 6.61 Å². The van der Waals surface area contributed by atoms with Gasteiger partial charge in [-0.25, -0.2) is 4.98 Å². The van der Waals surface area contributed by atoms with Gasteiger partial charge in [0.15, 0.2) is 11.5 Å². The van der Waals surface area contributed by atoms with Crippen molar-refractivity contribution in [2.45, 2.75) is 6.54 Å². The third kappa shape index (κ3) is 3.75. The molecule has 2 N–H and O–H groups in total. The number of rotatable bonds is 6. The van der Waals surface area contributed by atoms with Crippen LogP contribution in [0.2, 0.25) is 5.15 Å². The summed E-state index contributed by atoms with van der Waals surface area (Å²) in [5.74, 6) is 2.29. The first-order valence-electron chi connectivity index (χ1n) is 7.08. The fourth-order valence-corrected chi connectivity index (χ4v) is 2.50. The van der Waals surface area contributed by atoms with Gasteiger partial charge in [0.2, 0.25) is 12.7 Å². The fraction of sp³-hybridized carbons (Fsp3) is 0.333. The number of halogens is 1. The molecule has 0 bridgehead atoms. The Morgan fingerprint density at radius 2 is 2.09 bits per heavy atom. The van der Waals surface area contributed by atoms with Crippen molar-refractivity contribution in [2.75, 3.05) is 37.7 Å². The van der Waals surface area contributed by atoms with Crippen molar-refractivity contribution in [1.82, 2.24) is 9.97 Å². The molecule has 0 saturated heterocycles. The minimum absolute atomic E-state index is 0.139. The van der Waals surface area contributed by atoms with Gasteiger partial charge >= 0.3 is 0 Å². The average Bonchev–Trinajstić information content (AvgIpc) is 2.98. The number of fused-ring (bicyclic) bond motifs is 1. The van der Waals surface area contributed by atoms with Crippen molar-refractivity contribution in [2.24, 2.45) is 0 Å². The van der Waals surface area contributed by atoms with Crippen LogP contribution in [-0.2, 0) is 11.3 Å². The van der Waals surface area contributed by atoms with Gasteiger partial charge in [0.1, 0.15) is 11.0 Å². The van der Waals surface area contributed by atoms with E-state index in [9.17, 15) is 0 Å². The number of nitrogen functional groups attached to an aromatic ring is 1. The highest BCUT2D eigenvalue weighted by Crippen LogP contribution is 2.33. The molecule has 2 aromatic rings. The second kappa shape index (κ2) is 6.89. The van der Waals surface area contributed by atoms with Crippen molar-refractivity contribution in [3.05, 3.63) is 35.0 Å². The van der Waals surface area contributed by atoms with Crippen molar-refractivity contribution in [3.63, 3.8) is 0 Å². The smallest absolute Gasteiger partial charge is 0.231 e. The topological polar surface area (TPSA) is 82.7 Å². The predicted molar refractivity (Wildman–Crippen MR) is 86.9 cm³/mol. The Morgan fingerprint density at radius 1 is 1.26 bits per heavy atom. The van der Waals surface area contributed by atoms with Crippen LogP contribution in [0.4, 0.5) is 11.8 Å². The molecule has 1 aromatic carbocycles. The normalized spacial score (nSPS) is 12.4. The lowest BCUT2D eigenvalue weighted by Crippen LogP contribution is -2.28. The Hall–Kier alpha value is -2.25. The van der Waals surface area contributed by atoms with Crippen molar-refractivity contribution >= 4 is 23.4 Å². The van der Waals surface area contributed by atoms with E-state index in [1.165, 1.54) is 0 Å². The first-order valence-corrected chi connectivity index (χ1v) is 7.46. The Bertz CT molecular complexity index is 678. The van der Waals surface area contributed by atoms with Crippen LogP contribution in [0.25, 0.3) is 0 Å². The van der Waals surface area contributed by atoms with Crippen LogP contribution in [0.3, 0.4) is 0 Å². The summed E-state index contributed by atoms with van der Waals surface area (Å²) in [6.07, 6.45) is 0. The molecule has 0 unspecified atom stereocenters. The summed E-state index contributed by atoms with van der Waals surface area (Å²) in [6, 6.07) is 7.52. The van der Waals surface area contributed by atoms with Crippen LogP contribution >= 0.6 is 11.6 Å². The minimum Gasteiger partial charge on any atom is -0.454 e. The minimum atomic E-state index is 0.139. The van der Waals surface area contributed by atoms with Crippen LogP contribution in [-0.4, -0.2) is 37.0 Å². The van der Waals surface area contributed by atoms with Gasteiger partial charge in [0.25, 0.3) is 0 Å². The second-order valence-electron chi connectivity index (χ2n) is 5.01. The lowest BCUT2D eigenvalue weighted by molar-refractivity contribution is 0.174. The molecule has 0 aliphatic carbocycles. The molecule has 1 aliphatic rings. The van der Waals surface area contributed by atoms with Gasteiger partial charge in [-0.05, 0) is 17.7 Å². The number of anilines is 2. The molecule has 1 aliphatic heterocycles. The number of aromatic nitrogens is 2. The van der Waals surface area contributed by atoms with E-state index in [1.807, 2.05) is 23.1 Å². The number of nitrogens with two attached hydrogens (primary N) is 1. The Kier molecular flexibility index (Phi) is 4.68. The quantitative estimate of drug-likeness (QED) is 0.809. The van der Waals surface area contributed by atoms with Gasteiger partial charge < -0.3 is 24.8 Å². The molecule has 0 amide bonds. The molecule has 0 radical (unpaired) electrons. The summed E-state index contributed by atoms with van der Waals surface area (Å²) in [6.45, 7) is 2.04. The molecule has 3 rings (SSSR count). The summed E-state index contributed by atoms with van der Waals surface area (Å²) in [5, 5.41) is 0.306. The Labute approximate surface area is 138 Å². The molecule has 0 atom stereocenters. The van der Waals surface area contributed by atoms with Crippen LogP contribution in [0.1, 0.15) is 5.56 Å². The highest BCUT2D eigenvalue weighted by molar-refractivity contribution is 6.29. The van der Waals surface area contributed by atoms with E-state index >= 15 is 0 Å². The summed E-state index contributed by atoms with van der Waals surface area (Å²) in [4.78, 5) is 10.2. The summed E-state index contributed by atoms with van der Waals surface area (Å²) >= 11 is 5.98. The van der Waals surface area contributed by atoms with E-state index in [4.69, 9.17) is 31.5 Å². The van der Waals surface area contributed by atoms with Gasteiger partial charge in [-0.15, -0.1) is 0 Å². The SMILES string of the molecule is COCCN(Cc1ccc2c(c1)OCO2)c1cc(Cl)nc(N)n1. The zero-order valence-corrected chi connectivity index (χ0v) is 13.4. The number of ether oxygens (including phenoxy) is 3. The maximum atomic E-state index is 5.98. The van der Waals surface area contributed by atoms with E-state index < -0.39 is 0 Å². The van der Waals surface area contributed by atoms with Gasteiger partial charge in [-0.3, -0.25) is 0 Å². The summed E-state index contributed by atoms with van der Waals surface area (Å²) in [5.41, 5.74) is 6.75. The first kappa shape index (κ1) is 15.6. The molecular weight excluding hydrogens is 320 g/mol. The number of nitrogens with zero attached hydrogens (tertiary/aromatic N) is 3. The second-order valence-corrected chi connectivity index (χ2v) is 5.40. The molecule has 0 spiro atoms. The van der Waals surface area contributed by atoms with Crippen LogP contribution < -0.4 is 20.1 Å². The molecule has 1 aromatic heterocycles. The van der Waals surface area contributed by atoms with Crippen LogP contribution in [0.5, 0.6) is 11.5 Å².